The van der Waals surface area contributed by atoms with E-state index in [4.69, 9.17) is 0 Å². The van der Waals surface area contributed by atoms with Crippen LogP contribution < -0.4 is 4.90 Å². The molecular weight excluding hydrogens is 348 g/mol. The SMILES string of the molecule is C[C@H](C1CCN(C(=O)c2ccc(N3CCCC3)cc2)CC1)N1CCN(C)CC1. The van der Waals surface area contributed by atoms with Crippen LogP contribution in [0.15, 0.2) is 24.3 Å². The summed E-state index contributed by atoms with van der Waals surface area (Å²) in [5.41, 5.74) is 2.10. The molecule has 154 valence electrons. The molecule has 4 rings (SSSR count). The van der Waals surface area contributed by atoms with Crippen molar-refractivity contribution in [1.82, 2.24) is 14.7 Å². The number of carbonyl (C=O) groups is 1. The fourth-order valence-electron chi connectivity index (χ4n) is 5.09. The number of nitrogens with zero attached hydrogens (tertiary/aromatic N) is 4. The topological polar surface area (TPSA) is 30.0 Å². The summed E-state index contributed by atoms with van der Waals surface area (Å²) in [6, 6.07) is 8.93. The summed E-state index contributed by atoms with van der Waals surface area (Å²) >= 11 is 0. The van der Waals surface area contributed by atoms with Crippen molar-refractivity contribution < 1.29 is 4.79 Å². The van der Waals surface area contributed by atoms with Crippen LogP contribution >= 0.6 is 0 Å². The van der Waals surface area contributed by atoms with Crippen molar-refractivity contribution in [3.63, 3.8) is 0 Å². The number of rotatable bonds is 4. The van der Waals surface area contributed by atoms with E-state index in [9.17, 15) is 4.79 Å². The van der Waals surface area contributed by atoms with Crippen LogP contribution in [0.1, 0.15) is 43.0 Å². The van der Waals surface area contributed by atoms with Gasteiger partial charge in [0.1, 0.15) is 0 Å². The predicted molar refractivity (Wildman–Crippen MR) is 115 cm³/mol. The zero-order valence-electron chi connectivity index (χ0n) is 17.6. The molecule has 0 unspecified atom stereocenters. The minimum Gasteiger partial charge on any atom is -0.372 e. The van der Waals surface area contributed by atoms with Crippen molar-refractivity contribution in [2.75, 3.05) is 64.3 Å². The molecule has 3 heterocycles. The number of amides is 1. The highest BCUT2D eigenvalue weighted by atomic mass is 16.2. The van der Waals surface area contributed by atoms with Crippen molar-refractivity contribution in [3.05, 3.63) is 29.8 Å². The maximum atomic E-state index is 12.9. The number of anilines is 1. The summed E-state index contributed by atoms with van der Waals surface area (Å²) < 4.78 is 0. The molecule has 0 spiro atoms. The summed E-state index contributed by atoms with van der Waals surface area (Å²) in [5.74, 6) is 0.920. The average Bonchev–Trinajstić information content (AvgIpc) is 3.28. The third-order valence-corrected chi connectivity index (χ3v) is 7.21. The summed E-state index contributed by atoms with van der Waals surface area (Å²) in [7, 11) is 2.21. The Morgan fingerprint density at radius 1 is 0.893 bits per heavy atom. The first-order valence-electron chi connectivity index (χ1n) is 11.2. The molecule has 3 saturated heterocycles. The maximum Gasteiger partial charge on any atom is 0.253 e. The van der Waals surface area contributed by atoms with E-state index in [2.05, 4.69) is 45.7 Å². The summed E-state index contributed by atoms with van der Waals surface area (Å²) in [6.45, 7) is 11.2. The minimum absolute atomic E-state index is 0.207. The average molecular weight is 385 g/mol. The molecule has 0 aliphatic carbocycles. The van der Waals surface area contributed by atoms with Crippen molar-refractivity contribution in [2.24, 2.45) is 5.92 Å². The molecule has 1 atom stereocenters. The Hall–Kier alpha value is -1.59. The highest BCUT2D eigenvalue weighted by Gasteiger charge is 2.30. The summed E-state index contributed by atoms with van der Waals surface area (Å²) in [6.07, 6.45) is 4.82. The van der Waals surface area contributed by atoms with Gasteiger partial charge in [0, 0.05) is 69.7 Å². The molecule has 3 fully saturated rings. The van der Waals surface area contributed by atoms with Crippen LogP contribution in [0.25, 0.3) is 0 Å². The van der Waals surface area contributed by atoms with Crippen LogP contribution in [0.3, 0.4) is 0 Å². The summed E-state index contributed by atoms with van der Waals surface area (Å²) in [4.78, 5) is 22.5. The van der Waals surface area contributed by atoms with Crippen LogP contribution in [0.5, 0.6) is 0 Å². The molecule has 5 nitrogen and oxygen atoms in total. The van der Waals surface area contributed by atoms with Gasteiger partial charge in [-0.3, -0.25) is 9.69 Å². The lowest BCUT2D eigenvalue weighted by Gasteiger charge is -2.42. The predicted octanol–water partition coefficient (Wildman–Crippen LogP) is 2.77. The number of piperidine rings is 1. The first-order chi connectivity index (χ1) is 13.6. The van der Waals surface area contributed by atoms with Crippen molar-refractivity contribution in [3.8, 4) is 0 Å². The van der Waals surface area contributed by atoms with Crippen LogP contribution in [-0.4, -0.2) is 86.1 Å². The fraction of sp³-hybridized carbons (Fsp3) is 0.696. The second-order valence-corrected chi connectivity index (χ2v) is 8.95. The van der Waals surface area contributed by atoms with E-state index in [-0.39, 0.29) is 5.91 Å². The largest absolute Gasteiger partial charge is 0.372 e. The van der Waals surface area contributed by atoms with E-state index >= 15 is 0 Å². The van der Waals surface area contributed by atoms with Gasteiger partial charge in [-0.15, -0.1) is 0 Å². The zero-order chi connectivity index (χ0) is 19.5. The first kappa shape index (κ1) is 19.7. The Bertz CT molecular complexity index is 639. The smallest absolute Gasteiger partial charge is 0.253 e. The Morgan fingerprint density at radius 2 is 1.50 bits per heavy atom. The number of hydrogen-bond donors (Lipinski definition) is 0. The number of carbonyl (C=O) groups excluding carboxylic acids is 1. The molecule has 5 heteroatoms. The quantitative estimate of drug-likeness (QED) is 0.799. The van der Waals surface area contributed by atoms with Gasteiger partial charge < -0.3 is 14.7 Å². The van der Waals surface area contributed by atoms with Crippen molar-refractivity contribution in [2.45, 2.75) is 38.6 Å². The first-order valence-corrected chi connectivity index (χ1v) is 11.2. The van der Waals surface area contributed by atoms with Crippen molar-refractivity contribution >= 4 is 11.6 Å². The van der Waals surface area contributed by atoms with Crippen LogP contribution in [0.2, 0.25) is 0 Å². The minimum atomic E-state index is 0.207. The summed E-state index contributed by atoms with van der Waals surface area (Å²) in [5, 5.41) is 0. The van der Waals surface area contributed by atoms with Gasteiger partial charge in [0.05, 0.1) is 0 Å². The molecule has 1 aromatic carbocycles. The number of hydrogen-bond acceptors (Lipinski definition) is 4. The molecule has 1 aromatic rings. The lowest BCUT2D eigenvalue weighted by molar-refractivity contribution is 0.0500. The molecule has 28 heavy (non-hydrogen) atoms. The van der Waals surface area contributed by atoms with Gasteiger partial charge in [0.25, 0.3) is 5.91 Å². The number of likely N-dealkylation sites (N-methyl/N-ethyl adjacent to an activating group) is 1. The van der Waals surface area contributed by atoms with Gasteiger partial charge in [-0.25, -0.2) is 0 Å². The number of likely N-dealkylation sites (tertiary alicyclic amines) is 1. The van der Waals surface area contributed by atoms with E-state index < -0.39 is 0 Å². The van der Waals surface area contributed by atoms with E-state index in [0.717, 1.165) is 44.6 Å². The van der Waals surface area contributed by atoms with Crippen LogP contribution in [0, 0.1) is 5.92 Å². The van der Waals surface area contributed by atoms with Gasteiger partial charge >= 0.3 is 0 Å². The van der Waals surface area contributed by atoms with E-state index in [1.54, 1.807) is 0 Å². The van der Waals surface area contributed by atoms with Gasteiger partial charge in [0.15, 0.2) is 0 Å². The van der Waals surface area contributed by atoms with Crippen LogP contribution in [-0.2, 0) is 0 Å². The molecular formula is C23H36N4O. The Balaban J connectivity index is 1.29. The van der Waals surface area contributed by atoms with Gasteiger partial charge in [0.2, 0.25) is 0 Å². The Kier molecular flexibility index (Phi) is 6.22. The van der Waals surface area contributed by atoms with Gasteiger partial charge in [-0.2, -0.15) is 0 Å². The Morgan fingerprint density at radius 3 is 2.11 bits per heavy atom. The maximum absolute atomic E-state index is 12.9. The second-order valence-electron chi connectivity index (χ2n) is 8.95. The van der Waals surface area contributed by atoms with Crippen LogP contribution in [0.4, 0.5) is 5.69 Å². The molecule has 0 bridgehead atoms. The molecule has 0 aromatic heterocycles. The highest BCUT2D eigenvalue weighted by Crippen LogP contribution is 2.26. The van der Waals surface area contributed by atoms with E-state index in [1.807, 2.05) is 12.1 Å². The molecule has 0 radical (unpaired) electrons. The van der Waals surface area contributed by atoms with E-state index in [0.29, 0.717) is 12.0 Å². The fourth-order valence-corrected chi connectivity index (χ4v) is 5.09. The van der Waals surface area contributed by atoms with Crippen molar-refractivity contribution in [1.29, 1.82) is 0 Å². The monoisotopic (exact) mass is 384 g/mol. The molecule has 0 saturated carbocycles. The molecule has 0 N–H and O–H groups in total. The highest BCUT2D eigenvalue weighted by molar-refractivity contribution is 5.94. The number of piperazine rings is 1. The van der Waals surface area contributed by atoms with Gasteiger partial charge in [-0.1, -0.05) is 0 Å². The third kappa shape index (κ3) is 4.36. The number of benzene rings is 1. The normalized spacial score (nSPS) is 23.9. The molecule has 3 aliphatic rings. The Labute approximate surface area is 170 Å². The lowest BCUT2D eigenvalue weighted by Crippen LogP contribution is -2.52. The zero-order valence-corrected chi connectivity index (χ0v) is 17.6. The van der Waals surface area contributed by atoms with E-state index in [1.165, 1.54) is 44.7 Å². The lowest BCUT2D eigenvalue weighted by atomic mass is 9.88. The third-order valence-electron chi connectivity index (χ3n) is 7.21. The standard InChI is InChI=1S/C23H36N4O/c1-19(25-17-15-24(2)16-18-25)20-9-13-27(14-10-20)23(28)21-5-7-22(8-6-21)26-11-3-4-12-26/h5-8,19-20H,3-4,9-18H2,1-2H3/t19-/m1/s1. The molecule has 1 amide bonds. The second kappa shape index (κ2) is 8.83. The van der Waals surface area contributed by atoms with Gasteiger partial charge in [-0.05, 0) is 69.8 Å². The molecule has 3 aliphatic heterocycles.